The van der Waals surface area contributed by atoms with Crippen molar-refractivity contribution in [1.82, 2.24) is 10.2 Å². The number of nitrogens with zero attached hydrogens (tertiary/aromatic N) is 2. The van der Waals surface area contributed by atoms with Gasteiger partial charge in [0.15, 0.2) is 0 Å². The van der Waals surface area contributed by atoms with Crippen molar-refractivity contribution in [2.75, 3.05) is 13.1 Å². The van der Waals surface area contributed by atoms with Crippen LogP contribution < -0.4 is 5.32 Å². The monoisotopic (exact) mass is 363 g/mol. The largest absolute Gasteiger partial charge is 0.480 e. The molecular formula is C17H21N3O6. The summed E-state index contributed by atoms with van der Waals surface area (Å²) in [5.41, 5.74) is 0.442. The first-order chi connectivity index (χ1) is 12.2. The Morgan fingerprint density at radius 2 is 2.08 bits per heavy atom. The number of carbonyl (C=O) groups excluding carboxylic acids is 2. The Bertz CT molecular complexity index is 748. The molecule has 0 saturated carbocycles. The van der Waals surface area contributed by atoms with E-state index in [1.54, 1.807) is 0 Å². The van der Waals surface area contributed by atoms with Gasteiger partial charge in [0.1, 0.15) is 6.04 Å². The predicted molar refractivity (Wildman–Crippen MR) is 91.7 cm³/mol. The number of amides is 2. The molecule has 1 heterocycles. The molecule has 140 valence electrons. The van der Waals surface area contributed by atoms with Gasteiger partial charge in [-0.05, 0) is 37.8 Å². The number of benzene rings is 1. The first kappa shape index (κ1) is 19.4. The molecule has 0 spiro atoms. The molecule has 2 atom stereocenters. The van der Waals surface area contributed by atoms with E-state index in [0.717, 1.165) is 0 Å². The molecule has 0 aliphatic carbocycles. The van der Waals surface area contributed by atoms with E-state index in [4.69, 9.17) is 0 Å². The molecule has 1 saturated heterocycles. The zero-order chi connectivity index (χ0) is 19.4. The van der Waals surface area contributed by atoms with Crippen molar-refractivity contribution in [3.05, 3.63) is 39.4 Å². The molecule has 1 aliphatic rings. The van der Waals surface area contributed by atoms with Crippen LogP contribution in [0.15, 0.2) is 18.2 Å². The van der Waals surface area contributed by atoms with Gasteiger partial charge in [-0.3, -0.25) is 19.7 Å². The highest BCUT2D eigenvalue weighted by atomic mass is 16.6. The van der Waals surface area contributed by atoms with Crippen LogP contribution in [0.1, 0.15) is 35.7 Å². The normalized spacial score (nSPS) is 19.7. The number of likely N-dealkylation sites (tertiary alicyclic amines) is 1. The van der Waals surface area contributed by atoms with Crippen LogP contribution in [0, 0.1) is 23.0 Å². The zero-order valence-electron chi connectivity index (χ0n) is 14.6. The quantitative estimate of drug-likeness (QED) is 0.600. The number of carboxylic acids is 1. The van der Waals surface area contributed by atoms with Crippen LogP contribution in [0.4, 0.5) is 5.69 Å². The fourth-order valence-electron chi connectivity index (χ4n) is 3.04. The first-order valence-corrected chi connectivity index (χ1v) is 8.26. The van der Waals surface area contributed by atoms with Crippen LogP contribution in [-0.4, -0.2) is 51.8 Å². The summed E-state index contributed by atoms with van der Waals surface area (Å²) in [7, 11) is 0. The van der Waals surface area contributed by atoms with Gasteiger partial charge < -0.3 is 15.3 Å². The van der Waals surface area contributed by atoms with Gasteiger partial charge in [0.2, 0.25) is 5.91 Å². The molecule has 1 aromatic carbocycles. The summed E-state index contributed by atoms with van der Waals surface area (Å²) >= 11 is 0. The van der Waals surface area contributed by atoms with Crippen molar-refractivity contribution in [3.63, 3.8) is 0 Å². The van der Waals surface area contributed by atoms with Gasteiger partial charge >= 0.3 is 5.97 Å². The Kier molecular flexibility index (Phi) is 5.91. The summed E-state index contributed by atoms with van der Waals surface area (Å²) in [6, 6.07) is 3.04. The molecule has 0 bridgehead atoms. The van der Waals surface area contributed by atoms with Crippen molar-refractivity contribution >= 4 is 23.5 Å². The molecule has 0 radical (unpaired) electrons. The van der Waals surface area contributed by atoms with Gasteiger partial charge in [0, 0.05) is 23.7 Å². The summed E-state index contributed by atoms with van der Waals surface area (Å²) < 4.78 is 0. The van der Waals surface area contributed by atoms with Crippen molar-refractivity contribution < 1.29 is 24.4 Å². The number of hydrogen-bond acceptors (Lipinski definition) is 5. The molecule has 1 aliphatic heterocycles. The molecule has 0 aromatic heterocycles. The van der Waals surface area contributed by atoms with Gasteiger partial charge in [0.25, 0.3) is 11.6 Å². The summed E-state index contributed by atoms with van der Waals surface area (Å²) in [4.78, 5) is 47.4. The fourth-order valence-corrected chi connectivity index (χ4v) is 3.04. The lowest BCUT2D eigenvalue weighted by Gasteiger charge is -2.36. The van der Waals surface area contributed by atoms with Crippen molar-refractivity contribution in [2.24, 2.45) is 5.92 Å². The highest BCUT2D eigenvalue weighted by Crippen LogP contribution is 2.23. The summed E-state index contributed by atoms with van der Waals surface area (Å²) in [5, 5.41) is 22.6. The molecule has 2 N–H and O–H groups in total. The smallest absolute Gasteiger partial charge is 0.326 e. The molecule has 9 nitrogen and oxygen atoms in total. The maximum atomic E-state index is 12.3. The van der Waals surface area contributed by atoms with Gasteiger partial charge in [0.05, 0.1) is 11.5 Å². The van der Waals surface area contributed by atoms with Gasteiger partial charge in [-0.15, -0.1) is 0 Å². The number of rotatable bonds is 5. The molecule has 2 amide bonds. The Hall–Kier alpha value is -2.97. The third-order valence-corrected chi connectivity index (χ3v) is 4.53. The number of carboxylic acid groups (broad SMARTS) is 1. The average Bonchev–Trinajstić information content (AvgIpc) is 2.58. The van der Waals surface area contributed by atoms with Crippen molar-refractivity contribution in [3.8, 4) is 0 Å². The Balaban J connectivity index is 2.00. The maximum Gasteiger partial charge on any atom is 0.326 e. The lowest BCUT2D eigenvalue weighted by Crippen LogP contribution is -2.52. The fraction of sp³-hybridized carbons (Fsp3) is 0.471. The Morgan fingerprint density at radius 1 is 1.38 bits per heavy atom. The topological polar surface area (TPSA) is 130 Å². The van der Waals surface area contributed by atoms with Crippen molar-refractivity contribution in [1.29, 1.82) is 0 Å². The molecule has 26 heavy (non-hydrogen) atoms. The third kappa shape index (κ3) is 4.35. The highest BCUT2D eigenvalue weighted by Gasteiger charge is 2.34. The van der Waals surface area contributed by atoms with Crippen molar-refractivity contribution in [2.45, 2.75) is 32.7 Å². The zero-order valence-corrected chi connectivity index (χ0v) is 14.6. The third-order valence-electron chi connectivity index (χ3n) is 4.53. The standard InChI is InChI=1S/C17H21N3O6/c1-10-5-6-19(14(7-10)17(23)24)15(21)9-18-16(22)12-3-4-13(20(25)26)11(2)8-12/h3-4,8,10,14H,5-7,9H2,1-2H3,(H,18,22)(H,23,24). The minimum Gasteiger partial charge on any atom is -0.480 e. The molecule has 9 heteroatoms. The van der Waals surface area contributed by atoms with E-state index >= 15 is 0 Å². The summed E-state index contributed by atoms with van der Waals surface area (Å²) in [6.45, 7) is 3.47. The van der Waals surface area contributed by atoms with Crippen LogP contribution in [0.25, 0.3) is 0 Å². The SMILES string of the molecule is Cc1cc(C(=O)NCC(=O)N2CCC(C)CC2C(=O)O)ccc1[N+](=O)[O-]. The number of hydrogen-bond donors (Lipinski definition) is 2. The van der Waals surface area contributed by atoms with E-state index in [1.165, 1.54) is 30.0 Å². The van der Waals surface area contributed by atoms with Crippen LogP contribution >= 0.6 is 0 Å². The van der Waals surface area contributed by atoms with Crippen LogP contribution in [0.3, 0.4) is 0 Å². The molecule has 2 unspecified atom stereocenters. The summed E-state index contributed by atoms with van der Waals surface area (Å²) in [5.74, 6) is -1.84. The van der Waals surface area contributed by atoms with Gasteiger partial charge in [-0.25, -0.2) is 4.79 Å². The number of aryl methyl sites for hydroxylation is 1. The number of aliphatic carboxylic acids is 1. The molecule has 1 aromatic rings. The highest BCUT2D eigenvalue weighted by molar-refractivity contribution is 5.97. The second kappa shape index (κ2) is 7.94. The van der Waals surface area contributed by atoms with E-state index in [9.17, 15) is 29.6 Å². The number of carbonyl (C=O) groups is 3. The average molecular weight is 363 g/mol. The number of nitro groups is 1. The number of nitrogens with one attached hydrogen (secondary N) is 1. The van der Waals surface area contributed by atoms with Crippen LogP contribution in [0.2, 0.25) is 0 Å². The predicted octanol–water partition coefficient (Wildman–Crippen LogP) is 1.34. The van der Waals surface area contributed by atoms with Gasteiger partial charge in [-0.1, -0.05) is 6.92 Å². The minimum absolute atomic E-state index is 0.0932. The second-order valence-corrected chi connectivity index (χ2v) is 6.51. The lowest BCUT2D eigenvalue weighted by molar-refractivity contribution is -0.385. The summed E-state index contributed by atoms with van der Waals surface area (Å²) in [6.07, 6.45) is 1.10. The second-order valence-electron chi connectivity index (χ2n) is 6.51. The number of nitro benzene ring substituents is 1. The van der Waals surface area contributed by atoms with E-state index in [0.29, 0.717) is 24.9 Å². The Morgan fingerprint density at radius 3 is 2.65 bits per heavy atom. The first-order valence-electron chi connectivity index (χ1n) is 8.26. The van der Waals surface area contributed by atoms with E-state index in [2.05, 4.69) is 5.32 Å². The van der Waals surface area contributed by atoms with E-state index < -0.39 is 28.7 Å². The molecular weight excluding hydrogens is 342 g/mol. The van der Waals surface area contributed by atoms with Gasteiger partial charge in [-0.2, -0.15) is 0 Å². The van der Waals surface area contributed by atoms with E-state index in [1.807, 2.05) is 6.92 Å². The van der Waals surface area contributed by atoms with Crippen LogP contribution in [-0.2, 0) is 9.59 Å². The van der Waals surface area contributed by atoms with Crippen LogP contribution in [0.5, 0.6) is 0 Å². The lowest BCUT2D eigenvalue weighted by atomic mass is 9.92. The Labute approximate surface area is 150 Å². The molecule has 1 fully saturated rings. The number of piperidine rings is 1. The molecule has 2 rings (SSSR count). The van der Waals surface area contributed by atoms with E-state index in [-0.39, 0.29) is 23.7 Å². The minimum atomic E-state index is -1.05. The maximum absolute atomic E-state index is 12.3.